The first kappa shape index (κ1) is 6.69. The van der Waals surface area contributed by atoms with Crippen molar-refractivity contribution in [3.8, 4) is 0 Å². The fourth-order valence-corrected chi connectivity index (χ4v) is 2.64. The molecule has 3 aliphatic rings. The van der Waals surface area contributed by atoms with Gasteiger partial charge in [0, 0.05) is 0 Å². The Bertz CT molecular complexity index is 109. The first-order valence-electron chi connectivity index (χ1n) is 4.64. The monoisotopic (exact) mass is 137 g/mol. The van der Waals surface area contributed by atoms with Crippen LogP contribution in [-0.4, -0.2) is 0 Å². The van der Waals surface area contributed by atoms with Crippen molar-refractivity contribution >= 4 is 0 Å². The Morgan fingerprint density at radius 2 is 1.90 bits per heavy atom. The molecule has 3 saturated carbocycles. The normalized spacial score (nSPS) is 42.3. The second kappa shape index (κ2) is 2.25. The van der Waals surface area contributed by atoms with Crippen molar-refractivity contribution < 1.29 is 0 Å². The molecule has 2 bridgehead atoms. The molecule has 10 heavy (non-hydrogen) atoms. The van der Waals surface area contributed by atoms with Crippen LogP contribution in [0.5, 0.6) is 0 Å². The lowest BCUT2D eigenvalue weighted by Gasteiger charge is -2.62. The fraction of sp³-hybridized carbons (Fsp3) is 0.900. The van der Waals surface area contributed by atoms with E-state index in [0.29, 0.717) is 0 Å². The Hall–Kier alpha value is 0. The molecule has 0 unspecified atom stereocenters. The summed E-state index contributed by atoms with van der Waals surface area (Å²) in [4.78, 5) is 0. The molecule has 1 radical (unpaired) electrons. The van der Waals surface area contributed by atoms with Crippen molar-refractivity contribution in [3.05, 3.63) is 6.92 Å². The Morgan fingerprint density at radius 1 is 1.20 bits per heavy atom. The van der Waals surface area contributed by atoms with Crippen LogP contribution in [0.2, 0.25) is 0 Å². The van der Waals surface area contributed by atoms with Gasteiger partial charge in [0.2, 0.25) is 0 Å². The predicted octanol–water partition coefficient (Wildman–Crippen LogP) is 3.18. The summed E-state index contributed by atoms with van der Waals surface area (Å²) < 4.78 is 0. The highest BCUT2D eigenvalue weighted by Crippen LogP contribution is 2.66. The molecule has 57 valence electrons. The van der Waals surface area contributed by atoms with Gasteiger partial charge in [-0.05, 0) is 37.0 Å². The average molecular weight is 137 g/mol. The summed E-state index contributed by atoms with van der Waals surface area (Å²) in [6.45, 7) is 3.86. The van der Waals surface area contributed by atoms with Gasteiger partial charge in [-0.3, -0.25) is 0 Å². The lowest BCUT2D eigenvalue weighted by atomic mass is 9.43. The van der Waals surface area contributed by atoms with E-state index in [1.807, 2.05) is 0 Å². The van der Waals surface area contributed by atoms with Gasteiger partial charge in [0.05, 0.1) is 0 Å². The van der Waals surface area contributed by atoms with E-state index in [4.69, 9.17) is 0 Å². The molecule has 0 amide bonds. The van der Waals surface area contributed by atoms with Crippen LogP contribution in [0, 0.1) is 18.3 Å². The van der Waals surface area contributed by atoms with Crippen LogP contribution in [0.3, 0.4) is 0 Å². The smallest absolute Gasteiger partial charge is 0.0290 e. The maximum Gasteiger partial charge on any atom is -0.0290 e. The van der Waals surface area contributed by atoms with Gasteiger partial charge in [0.25, 0.3) is 0 Å². The zero-order chi connectivity index (χ0) is 7.03. The van der Waals surface area contributed by atoms with Crippen molar-refractivity contribution in [2.24, 2.45) is 11.3 Å². The van der Waals surface area contributed by atoms with Crippen LogP contribution in [-0.2, 0) is 0 Å². The number of hydrogen-bond donors (Lipinski definition) is 0. The second-order valence-electron chi connectivity index (χ2n) is 4.29. The van der Waals surface area contributed by atoms with E-state index < -0.39 is 0 Å². The fourth-order valence-electron chi connectivity index (χ4n) is 2.64. The highest BCUT2D eigenvalue weighted by molar-refractivity contribution is 5.06. The van der Waals surface area contributed by atoms with Crippen LogP contribution in [0.4, 0.5) is 0 Å². The maximum absolute atomic E-state index is 3.86. The molecule has 3 fully saturated rings. The minimum atomic E-state index is 0.889. The number of rotatable bonds is 4. The average Bonchev–Trinajstić information content (AvgIpc) is 1.72. The van der Waals surface area contributed by atoms with E-state index >= 15 is 0 Å². The van der Waals surface area contributed by atoms with Gasteiger partial charge < -0.3 is 0 Å². The summed E-state index contributed by atoms with van der Waals surface area (Å²) in [6, 6.07) is 0. The third-order valence-corrected chi connectivity index (χ3v) is 3.37. The van der Waals surface area contributed by atoms with Crippen molar-refractivity contribution in [1.29, 1.82) is 0 Å². The largest absolute Gasteiger partial charge is 0.0533 e. The van der Waals surface area contributed by atoms with Crippen molar-refractivity contribution in [2.45, 2.75) is 44.9 Å². The molecule has 0 aromatic carbocycles. The van der Waals surface area contributed by atoms with Crippen molar-refractivity contribution in [2.75, 3.05) is 0 Å². The zero-order valence-corrected chi connectivity index (χ0v) is 6.73. The molecule has 0 saturated heterocycles. The number of hydrogen-bond acceptors (Lipinski definition) is 0. The Morgan fingerprint density at radius 3 is 2.30 bits per heavy atom. The molecule has 0 heterocycles. The van der Waals surface area contributed by atoms with E-state index in [-0.39, 0.29) is 0 Å². The standard InChI is InChI=1S/C10H17/c1-2-3-4-5-10-6-9(7-10)8-10/h9H,1-8H2. The first-order valence-corrected chi connectivity index (χ1v) is 4.64. The molecular weight excluding hydrogens is 120 g/mol. The molecular formula is C10H17. The third kappa shape index (κ3) is 0.889. The molecule has 0 aromatic rings. The Kier molecular flexibility index (Phi) is 1.51. The summed E-state index contributed by atoms with van der Waals surface area (Å²) in [6.07, 6.45) is 10.2. The zero-order valence-electron chi connectivity index (χ0n) is 6.73. The van der Waals surface area contributed by atoms with Crippen LogP contribution in [0.15, 0.2) is 0 Å². The van der Waals surface area contributed by atoms with Crippen LogP contribution in [0.25, 0.3) is 0 Å². The van der Waals surface area contributed by atoms with E-state index in [0.717, 1.165) is 11.8 Å². The van der Waals surface area contributed by atoms with E-state index in [9.17, 15) is 0 Å². The predicted molar refractivity (Wildman–Crippen MR) is 43.6 cm³/mol. The molecule has 3 aliphatic carbocycles. The Labute approximate surface area is 64.0 Å². The topological polar surface area (TPSA) is 0 Å². The lowest BCUT2D eigenvalue weighted by Crippen LogP contribution is -2.51. The third-order valence-electron chi connectivity index (χ3n) is 3.37. The molecule has 0 N–H and O–H groups in total. The lowest BCUT2D eigenvalue weighted by molar-refractivity contribution is -0.113. The summed E-state index contributed by atoms with van der Waals surface area (Å²) >= 11 is 0. The molecule has 0 aliphatic heterocycles. The van der Waals surface area contributed by atoms with Crippen molar-refractivity contribution in [1.82, 2.24) is 0 Å². The number of unbranched alkanes of at least 4 members (excludes halogenated alkanes) is 2. The summed E-state index contributed by atoms with van der Waals surface area (Å²) in [5, 5.41) is 0. The summed E-state index contributed by atoms with van der Waals surface area (Å²) in [5.74, 6) is 1.17. The van der Waals surface area contributed by atoms with Gasteiger partial charge in [-0.2, -0.15) is 0 Å². The second-order valence-corrected chi connectivity index (χ2v) is 4.29. The van der Waals surface area contributed by atoms with Gasteiger partial charge >= 0.3 is 0 Å². The van der Waals surface area contributed by atoms with Crippen LogP contribution < -0.4 is 0 Å². The van der Waals surface area contributed by atoms with E-state index in [1.54, 1.807) is 19.3 Å². The SMILES string of the molecule is [CH2]CCCCC12CC(C1)C2. The van der Waals surface area contributed by atoms with Gasteiger partial charge in [-0.25, -0.2) is 0 Å². The van der Waals surface area contributed by atoms with Crippen LogP contribution in [0.1, 0.15) is 44.9 Å². The maximum atomic E-state index is 3.86. The summed E-state index contributed by atoms with van der Waals surface area (Å²) in [5.41, 5.74) is 0.889. The molecule has 0 aromatic heterocycles. The minimum absolute atomic E-state index is 0.889. The summed E-state index contributed by atoms with van der Waals surface area (Å²) in [7, 11) is 0. The van der Waals surface area contributed by atoms with E-state index in [1.165, 1.54) is 25.2 Å². The molecule has 0 spiro atoms. The van der Waals surface area contributed by atoms with Crippen molar-refractivity contribution in [3.63, 3.8) is 0 Å². The van der Waals surface area contributed by atoms with Crippen LogP contribution >= 0.6 is 0 Å². The van der Waals surface area contributed by atoms with Gasteiger partial charge in [-0.1, -0.05) is 26.2 Å². The first-order chi connectivity index (χ1) is 4.85. The van der Waals surface area contributed by atoms with Gasteiger partial charge in [0.1, 0.15) is 0 Å². The molecule has 0 nitrogen and oxygen atoms in total. The van der Waals surface area contributed by atoms with Gasteiger partial charge in [0.15, 0.2) is 0 Å². The molecule has 3 rings (SSSR count). The Balaban J connectivity index is 1.62. The molecule has 0 atom stereocenters. The molecule has 0 heteroatoms. The van der Waals surface area contributed by atoms with Gasteiger partial charge in [-0.15, -0.1) is 0 Å². The quantitative estimate of drug-likeness (QED) is 0.522. The van der Waals surface area contributed by atoms with E-state index in [2.05, 4.69) is 6.92 Å². The highest BCUT2D eigenvalue weighted by atomic mass is 14.6. The highest BCUT2D eigenvalue weighted by Gasteiger charge is 2.55. The minimum Gasteiger partial charge on any atom is -0.0533 e.